The van der Waals surface area contributed by atoms with Crippen LogP contribution in [0.15, 0.2) is 24.3 Å². The molecule has 1 aromatic rings. The van der Waals surface area contributed by atoms with Crippen LogP contribution in [0.25, 0.3) is 0 Å². The molecule has 0 bridgehead atoms. The van der Waals surface area contributed by atoms with E-state index >= 15 is 0 Å². The highest BCUT2D eigenvalue weighted by atomic mass is 32.1. The molecule has 2 nitrogen and oxygen atoms in total. The second kappa shape index (κ2) is 7.49. The fourth-order valence-corrected chi connectivity index (χ4v) is 2.29. The number of hydrogen-bond donors (Lipinski definition) is 1. The Bertz CT molecular complexity index is 403. The normalized spacial score (nSPS) is 10.9. The van der Waals surface area contributed by atoms with Crippen molar-refractivity contribution in [2.24, 2.45) is 11.8 Å². The topological polar surface area (TPSA) is 15.3 Å². The number of thiocarbonyl (C=S) groups is 1. The molecule has 0 heterocycles. The molecule has 0 unspecified atom stereocenters. The first-order valence-electron chi connectivity index (χ1n) is 7.01. The molecular weight excluding hydrogens is 252 g/mol. The van der Waals surface area contributed by atoms with E-state index in [2.05, 4.69) is 57.0 Å². The molecule has 19 heavy (non-hydrogen) atoms. The second-order valence-electron chi connectivity index (χ2n) is 5.94. The Morgan fingerprint density at radius 1 is 1.11 bits per heavy atom. The predicted octanol–water partition coefficient (Wildman–Crippen LogP) is 4.31. The lowest BCUT2D eigenvalue weighted by atomic mass is 10.1. The highest BCUT2D eigenvalue weighted by Gasteiger charge is 2.13. The summed E-state index contributed by atoms with van der Waals surface area (Å²) in [5.74, 6) is 1.21. The van der Waals surface area contributed by atoms with Gasteiger partial charge in [0, 0.05) is 18.8 Å². The summed E-state index contributed by atoms with van der Waals surface area (Å²) in [5.41, 5.74) is 2.32. The maximum Gasteiger partial charge on any atom is 0.173 e. The van der Waals surface area contributed by atoms with Gasteiger partial charge in [0.15, 0.2) is 5.11 Å². The standard InChI is InChI=1S/C16H26N2S/c1-12(2)10-18(11-13(3)4)16(19)17-15-9-7-6-8-14(15)5/h6-9,12-13H,10-11H2,1-5H3,(H,17,19). The Balaban J connectivity index is 2.74. The number of rotatable bonds is 5. The van der Waals surface area contributed by atoms with Crippen LogP contribution in [0.5, 0.6) is 0 Å². The highest BCUT2D eigenvalue weighted by Crippen LogP contribution is 2.15. The van der Waals surface area contributed by atoms with Crippen molar-refractivity contribution in [1.29, 1.82) is 0 Å². The van der Waals surface area contributed by atoms with Crippen molar-refractivity contribution in [3.8, 4) is 0 Å². The molecule has 1 rings (SSSR count). The van der Waals surface area contributed by atoms with E-state index in [1.807, 2.05) is 12.1 Å². The number of benzene rings is 1. The minimum atomic E-state index is 0.607. The highest BCUT2D eigenvalue weighted by molar-refractivity contribution is 7.80. The first kappa shape index (κ1) is 16.0. The predicted molar refractivity (Wildman–Crippen MR) is 88.6 cm³/mol. The van der Waals surface area contributed by atoms with Crippen LogP contribution in [0.3, 0.4) is 0 Å². The maximum absolute atomic E-state index is 5.57. The van der Waals surface area contributed by atoms with Crippen molar-refractivity contribution in [3.63, 3.8) is 0 Å². The second-order valence-corrected chi connectivity index (χ2v) is 6.32. The molecule has 106 valence electrons. The van der Waals surface area contributed by atoms with Crippen molar-refractivity contribution in [2.45, 2.75) is 34.6 Å². The van der Waals surface area contributed by atoms with Gasteiger partial charge in [-0.3, -0.25) is 0 Å². The maximum atomic E-state index is 5.57. The van der Waals surface area contributed by atoms with Gasteiger partial charge in [0.25, 0.3) is 0 Å². The third-order valence-corrected chi connectivity index (χ3v) is 3.21. The molecule has 0 spiro atoms. The third-order valence-electron chi connectivity index (χ3n) is 2.84. The van der Waals surface area contributed by atoms with Crippen molar-refractivity contribution < 1.29 is 0 Å². The summed E-state index contributed by atoms with van der Waals surface area (Å²) in [6.45, 7) is 13.0. The zero-order valence-electron chi connectivity index (χ0n) is 12.7. The molecule has 0 aliphatic heterocycles. The molecule has 0 saturated heterocycles. The van der Waals surface area contributed by atoms with Gasteiger partial charge >= 0.3 is 0 Å². The van der Waals surface area contributed by atoms with Crippen molar-refractivity contribution in [1.82, 2.24) is 4.90 Å². The first-order chi connectivity index (χ1) is 8.90. The lowest BCUT2D eigenvalue weighted by Gasteiger charge is -2.29. The Labute approximate surface area is 123 Å². The van der Waals surface area contributed by atoms with Crippen LogP contribution in [-0.4, -0.2) is 23.1 Å². The van der Waals surface area contributed by atoms with Gasteiger partial charge in [-0.2, -0.15) is 0 Å². The fraction of sp³-hybridized carbons (Fsp3) is 0.562. The van der Waals surface area contributed by atoms with E-state index in [-0.39, 0.29) is 0 Å². The van der Waals surface area contributed by atoms with E-state index in [1.54, 1.807) is 0 Å². The molecule has 0 fully saturated rings. The van der Waals surface area contributed by atoms with Gasteiger partial charge in [-0.05, 0) is 42.6 Å². The van der Waals surface area contributed by atoms with Gasteiger partial charge in [-0.25, -0.2) is 0 Å². The summed E-state index contributed by atoms with van der Waals surface area (Å²) in [6, 6.07) is 8.25. The molecule has 0 aromatic heterocycles. The lowest BCUT2D eigenvalue weighted by Crippen LogP contribution is -2.39. The van der Waals surface area contributed by atoms with Crippen LogP contribution < -0.4 is 5.32 Å². The Hall–Kier alpha value is -1.09. The number of nitrogens with zero attached hydrogens (tertiary/aromatic N) is 1. The van der Waals surface area contributed by atoms with Gasteiger partial charge in [-0.1, -0.05) is 45.9 Å². The number of hydrogen-bond acceptors (Lipinski definition) is 1. The van der Waals surface area contributed by atoms with Crippen molar-refractivity contribution in [3.05, 3.63) is 29.8 Å². The molecule has 1 N–H and O–H groups in total. The molecule has 0 amide bonds. The number of aryl methyl sites for hydroxylation is 1. The van der Waals surface area contributed by atoms with Gasteiger partial charge in [0.2, 0.25) is 0 Å². The molecule has 0 saturated carbocycles. The minimum Gasteiger partial charge on any atom is -0.349 e. The van der Waals surface area contributed by atoms with Crippen LogP contribution in [0.2, 0.25) is 0 Å². The average molecular weight is 278 g/mol. The van der Waals surface area contributed by atoms with Crippen LogP contribution in [0.4, 0.5) is 5.69 Å². The molecule has 3 heteroatoms. The number of anilines is 1. The molecule has 0 atom stereocenters. The monoisotopic (exact) mass is 278 g/mol. The van der Waals surface area contributed by atoms with E-state index in [0.717, 1.165) is 23.9 Å². The van der Waals surface area contributed by atoms with Crippen LogP contribution in [-0.2, 0) is 0 Å². The van der Waals surface area contributed by atoms with E-state index in [9.17, 15) is 0 Å². The van der Waals surface area contributed by atoms with Crippen LogP contribution >= 0.6 is 12.2 Å². The largest absolute Gasteiger partial charge is 0.349 e. The summed E-state index contributed by atoms with van der Waals surface area (Å²) >= 11 is 5.57. The molecule has 0 aliphatic rings. The van der Waals surface area contributed by atoms with Crippen molar-refractivity contribution >= 4 is 23.0 Å². The van der Waals surface area contributed by atoms with Gasteiger partial charge in [-0.15, -0.1) is 0 Å². The van der Waals surface area contributed by atoms with Gasteiger partial charge in [0.1, 0.15) is 0 Å². The summed E-state index contributed by atoms with van der Waals surface area (Å²) in [5, 5.41) is 4.21. The average Bonchev–Trinajstić information content (AvgIpc) is 2.30. The minimum absolute atomic E-state index is 0.607. The Kier molecular flexibility index (Phi) is 6.29. The van der Waals surface area contributed by atoms with Crippen LogP contribution in [0, 0.1) is 18.8 Å². The quantitative estimate of drug-likeness (QED) is 0.808. The third kappa shape index (κ3) is 5.60. The van der Waals surface area contributed by atoms with E-state index in [1.165, 1.54) is 5.56 Å². The zero-order chi connectivity index (χ0) is 14.4. The molecular formula is C16H26N2S. The number of nitrogens with one attached hydrogen (secondary N) is 1. The summed E-state index contributed by atoms with van der Waals surface area (Å²) in [4.78, 5) is 2.27. The van der Waals surface area contributed by atoms with Crippen LogP contribution in [0.1, 0.15) is 33.3 Å². The van der Waals surface area contributed by atoms with E-state index < -0.39 is 0 Å². The molecule has 1 aromatic carbocycles. The SMILES string of the molecule is Cc1ccccc1NC(=S)N(CC(C)C)CC(C)C. The molecule has 0 aliphatic carbocycles. The first-order valence-corrected chi connectivity index (χ1v) is 7.42. The van der Waals surface area contributed by atoms with E-state index in [0.29, 0.717) is 11.8 Å². The van der Waals surface area contributed by atoms with E-state index in [4.69, 9.17) is 12.2 Å². The number of para-hydroxylation sites is 1. The van der Waals surface area contributed by atoms with Gasteiger partial charge < -0.3 is 10.2 Å². The zero-order valence-corrected chi connectivity index (χ0v) is 13.6. The summed E-state index contributed by atoms with van der Waals surface area (Å²) in [7, 11) is 0. The Morgan fingerprint density at radius 3 is 2.11 bits per heavy atom. The molecule has 0 radical (unpaired) electrons. The summed E-state index contributed by atoms with van der Waals surface area (Å²) in [6.07, 6.45) is 0. The Morgan fingerprint density at radius 2 is 1.63 bits per heavy atom. The lowest BCUT2D eigenvalue weighted by molar-refractivity contribution is 0.332. The van der Waals surface area contributed by atoms with Crippen molar-refractivity contribution in [2.75, 3.05) is 18.4 Å². The van der Waals surface area contributed by atoms with Gasteiger partial charge in [0.05, 0.1) is 0 Å². The smallest absolute Gasteiger partial charge is 0.173 e. The fourth-order valence-electron chi connectivity index (χ4n) is 2.03. The summed E-state index contributed by atoms with van der Waals surface area (Å²) < 4.78 is 0.